The van der Waals surface area contributed by atoms with E-state index in [1.807, 2.05) is 25.5 Å². The van der Waals surface area contributed by atoms with E-state index in [9.17, 15) is 0 Å². The highest BCUT2D eigenvalue weighted by molar-refractivity contribution is 6.30. The van der Waals surface area contributed by atoms with Crippen LogP contribution in [0, 0.1) is 0 Å². The Balaban J connectivity index is 1.84. The van der Waals surface area contributed by atoms with Crippen LogP contribution in [0.3, 0.4) is 0 Å². The molecule has 1 aliphatic rings. The SMILES string of the molecule is Cn1cc(NC2CCc3cc(Cl)ccc32)cn1. The maximum absolute atomic E-state index is 6.00. The summed E-state index contributed by atoms with van der Waals surface area (Å²) in [4.78, 5) is 0. The van der Waals surface area contributed by atoms with Gasteiger partial charge in [-0.2, -0.15) is 5.10 Å². The summed E-state index contributed by atoms with van der Waals surface area (Å²) >= 11 is 6.00. The highest BCUT2D eigenvalue weighted by Gasteiger charge is 2.22. The number of nitrogens with one attached hydrogen (secondary N) is 1. The summed E-state index contributed by atoms with van der Waals surface area (Å²) in [5.41, 5.74) is 3.79. The van der Waals surface area contributed by atoms with Crippen molar-refractivity contribution >= 4 is 17.3 Å². The summed E-state index contributed by atoms with van der Waals surface area (Å²) in [7, 11) is 1.92. The van der Waals surface area contributed by atoms with Crippen molar-refractivity contribution < 1.29 is 0 Å². The zero-order valence-electron chi connectivity index (χ0n) is 9.65. The van der Waals surface area contributed by atoms with Crippen LogP contribution >= 0.6 is 11.6 Å². The molecule has 0 amide bonds. The molecule has 1 atom stereocenters. The molecule has 1 heterocycles. The number of nitrogens with zero attached hydrogens (tertiary/aromatic N) is 2. The van der Waals surface area contributed by atoms with Crippen molar-refractivity contribution in [1.29, 1.82) is 0 Å². The standard InChI is InChI=1S/C13H14ClN3/c1-17-8-11(7-15-17)16-13-5-2-9-6-10(14)3-4-12(9)13/h3-4,6-8,13,16H,2,5H2,1H3. The predicted molar refractivity (Wildman–Crippen MR) is 69.3 cm³/mol. The quantitative estimate of drug-likeness (QED) is 0.884. The Bertz CT molecular complexity index is 547. The molecule has 0 bridgehead atoms. The lowest BCUT2D eigenvalue weighted by Crippen LogP contribution is -2.06. The molecular weight excluding hydrogens is 234 g/mol. The molecule has 0 saturated carbocycles. The monoisotopic (exact) mass is 247 g/mol. The van der Waals surface area contributed by atoms with Gasteiger partial charge in [-0.15, -0.1) is 0 Å². The summed E-state index contributed by atoms with van der Waals surface area (Å²) in [6, 6.07) is 6.54. The van der Waals surface area contributed by atoms with Crippen LogP contribution < -0.4 is 5.32 Å². The molecule has 1 unspecified atom stereocenters. The van der Waals surface area contributed by atoms with E-state index >= 15 is 0 Å². The van der Waals surface area contributed by atoms with E-state index in [0.29, 0.717) is 6.04 Å². The molecule has 88 valence electrons. The second kappa shape index (κ2) is 4.08. The number of anilines is 1. The van der Waals surface area contributed by atoms with Crippen molar-refractivity contribution in [3.05, 3.63) is 46.7 Å². The van der Waals surface area contributed by atoms with Gasteiger partial charge in [-0.1, -0.05) is 17.7 Å². The molecule has 4 heteroatoms. The van der Waals surface area contributed by atoms with Crippen LogP contribution in [-0.2, 0) is 13.5 Å². The molecule has 0 aliphatic heterocycles. The van der Waals surface area contributed by atoms with E-state index in [-0.39, 0.29) is 0 Å². The van der Waals surface area contributed by atoms with Gasteiger partial charge in [0.25, 0.3) is 0 Å². The third kappa shape index (κ3) is 2.03. The van der Waals surface area contributed by atoms with E-state index in [0.717, 1.165) is 23.6 Å². The van der Waals surface area contributed by atoms with Crippen molar-refractivity contribution in [2.45, 2.75) is 18.9 Å². The Morgan fingerprint density at radius 1 is 1.47 bits per heavy atom. The van der Waals surface area contributed by atoms with Crippen LogP contribution in [-0.4, -0.2) is 9.78 Å². The number of benzene rings is 1. The lowest BCUT2D eigenvalue weighted by molar-refractivity contribution is 0.758. The van der Waals surface area contributed by atoms with Crippen LogP contribution in [0.25, 0.3) is 0 Å². The lowest BCUT2D eigenvalue weighted by Gasteiger charge is -2.13. The fourth-order valence-corrected chi connectivity index (χ4v) is 2.63. The largest absolute Gasteiger partial charge is 0.376 e. The van der Waals surface area contributed by atoms with Gasteiger partial charge in [-0.25, -0.2) is 0 Å². The van der Waals surface area contributed by atoms with Gasteiger partial charge in [-0.3, -0.25) is 4.68 Å². The first-order valence-electron chi connectivity index (χ1n) is 5.76. The third-order valence-corrected chi connectivity index (χ3v) is 3.46. The number of hydrogen-bond acceptors (Lipinski definition) is 2. The fourth-order valence-electron chi connectivity index (χ4n) is 2.43. The van der Waals surface area contributed by atoms with Gasteiger partial charge < -0.3 is 5.32 Å². The number of aromatic nitrogens is 2. The first-order valence-corrected chi connectivity index (χ1v) is 6.14. The molecule has 1 aromatic heterocycles. The average Bonchev–Trinajstić information content (AvgIpc) is 2.86. The van der Waals surface area contributed by atoms with Gasteiger partial charge in [0, 0.05) is 18.3 Å². The minimum absolute atomic E-state index is 0.381. The summed E-state index contributed by atoms with van der Waals surface area (Å²) < 4.78 is 1.81. The van der Waals surface area contributed by atoms with E-state index < -0.39 is 0 Å². The number of fused-ring (bicyclic) bond motifs is 1. The van der Waals surface area contributed by atoms with E-state index in [1.54, 1.807) is 4.68 Å². The first-order chi connectivity index (χ1) is 8.22. The Labute approximate surface area is 105 Å². The Hall–Kier alpha value is -1.48. The minimum atomic E-state index is 0.381. The van der Waals surface area contributed by atoms with Crippen LogP contribution in [0.5, 0.6) is 0 Å². The van der Waals surface area contributed by atoms with E-state index in [1.165, 1.54) is 11.1 Å². The average molecular weight is 248 g/mol. The molecular formula is C13H14ClN3. The first kappa shape index (κ1) is 10.7. The van der Waals surface area contributed by atoms with Gasteiger partial charge in [0.15, 0.2) is 0 Å². The molecule has 17 heavy (non-hydrogen) atoms. The highest BCUT2D eigenvalue weighted by atomic mass is 35.5. The van der Waals surface area contributed by atoms with Gasteiger partial charge in [0.2, 0.25) is 0 Å². The van der Waals surface area contributed by atoms with Gasteiger partial charge in [0.1, 0.15) is 0 Å². The Kier molecular flexibility index (Phi) is 2.56. The molecule has 0 spiro atoms. The molecule has 1 aromatic carbocycles. The molecule has 1 aliphatic carbocycles. The van der Waals surface area contributed by atoms with Gasteiger partial charge in [-0.05, 0) is 36.1 Å². The summed E-state index contributed by atoms with van der Waals surface area (Å²) in [6.07, 6.45) is 6.06. The summed E-state index contributed by atoms with van der Waals surface area (Å²) in [5.74, 6) is 0. The van der Waals surface area contributed by atoms with Crippen LogP contribution in [0.4, 0.5) is 5.69 Å². The van der Waals surface area contributed by atoms with E-state index in [2.05, 4.69) is 22.5 Å². The summed E-state index contributed by atoms with van der Waals surface area (Å²) in [5, 5.41) is 8.50. The zero-order valence-corrected chi connectivity index (χ0v) is 10.4. The number of rotatable bonds is 2. The van der Waals surface area contributed by atoms with Gasteiger partial charge >= 0.3 is 0 Å². The second-order valence-electron chi connectivity index (χ2n) is 4.48. The van der Waals surface area contributed by atoms with Crippen molar-refractivity contribution in [3.63, 3.8) is 0 Å². The zero-order chi connectivity index (χ0) is 11.8. The normalized spacial score (nSPS) is 18.1. The molecule has 3 nitrogen and oxygen atoms in total. The number of halogens is 1. The topological polar surface area (TPSA) is 29.9 Å². The minimum Gasteiger partial charge on any atom is -0.376 e. The molecule has 0 fully saturated rings. The van der Waals surface area contributed by atoms with Crippen molar-refractivity contribution in [2.24, 2.45) is 7.05 Å². The van der Waals surface area contributed by atoms with Crippen molar-refractivity contribution in [3.8, 4) is 0 Å². The fraction of sp³-hybridized carbons (Fsp3) is 0.308. The maximum Gasteiger partial charge on any atom is 0.0731 e. The third-order valence-electron chi connectivity index (χ3n) is 3.23. The van der Waals surface area contributed by atoms with Crippen LogP contribution in [0.15, 0.2) is 30.6 Å². The predicted octanol–water partition coefficient (Wildman–Crippen LogP) is 3.17. The van der Waals surface area contributed by atoms with E-state index in [4.69, 9.17) is 11.6 Å². The number of hydrogen-bond donors (Lipinski definition) is 1. The lowest BCUT2D eigenvalue weighted by atomic mass is 10.1. The van der Waals surface area contributed by atoms with Crippen molar-refractivity contribution in [2.75, 3.05) is 5.32 Å². The smallest absolute Gasteiger partial charge is 0.0731 e. The molecule has 1 N–H and O–H groups in total. The number of aryl methyl sites for hydroxylation is 2. The Morgan fingerprint density at radius 2 is 2.35 bits per heavy atom. The van der Waals surface area contributed by atoms with Gasteiger partial charge in [0.05, 0.1) is 17.9 Å². The second-order valence-corrected chi connectivity index (χ2v) is 4.92. The Morgan fingerprint density at radius 3 is 3.12 bits per heavy atom. The molecule has 0 radical (unpaired) electrons. The maximum atomic E-state index is 6.00. The molecule has 2 aromatic rings. The highest BCUT2D eigenvalue weighted by Crippen LogP contribution is 2.35. The van der Waals surface area contributed by atoms with Crippen LogP contribution in [0.2, 0.25) is 5.02 Å². The molecule has 0 saturated heterocycles. The van der Waals surface area contributed by atoms with Crippen molar-refractivity contribution in [1.82, 2.24) is 9.78 Å². The van der Waals surface area contributed by atoms with Crippen LogP contribution in [0.1, 0.15) is 23.6 Å². The molecule has 3 rings (SSSR count). The summed E-state index contributed by atoms with van der Waals surface area (Å²) in [6.45, 7) is 0.